The van der Waals surface area contributed by atoms with Crippen molar-refractivity contribution >= 4 is 29.1 Å². The number of Topliss-reactive ketones (excluding diaryl/α,β-unsaturated/α-hetero) is 1. The van der Waals surface area contributed by atoms with Gasteiger partial charge in [-0.2, -0.15) is 0 Å². The van der Waals surface area contributed by atoms with Crippen LogP contribution < -0.4 is 4.90 Å². The summed E-state index contributed by atoms with van der Waals surface area (Å²) in [6.45, 7) is 10.1. The second-order valence-corrected chi connectivity index (χ2v) is 10.8. The molecule has 1 heterocycles. The van der Waals surface area contributed by atoms with Crippen molar-refractivity contribution in [1.29, 1.82) is 0 Å². The van der Waals surface area contributed by atoms with E-state index in [0.717, 1.165) is 22.3 Å². The highest BCUT2D eigenvalue weighted by molar-refractivity contribution is 6.51. The number of aliphatic hydroxyl groups excluding tert-OH is 1. The van der Waals surface area contributed by atoms with Crippen molar-refractivity contribution in [3.05, 3.63) is 106 Å². The summed E-state index contributed by atoms with van der Waals surface area (Å²) in [6.07, 6.45) is 0.0975. The lowest BCUT2D eigenvalue weighted by atomic mass is 9.84. The number of anilines is 1. The lowest BCUT2D eigenvalue weighted by molar-refractivity contribution is -0.139. The van der Waals surface area contributed by atoms with E-state index < -0.39 is 17.7 Å². The number of amides is 1. The van der Waals surface area contributed by atoms with Gasteiger partial charge in [-0.25, -0.2) is 0 Å². The third kappa shape index (κ3) is 5.12. The third-order valence-corrected chi connectivity index (χ3v) is 6.95. The minimum Gasteiger partial charge on any atom is -0.507 e. The van der Waals surface area contributed by atoms with Gasteiger partial charge in [-0.1, -0.05) is 74.9 Å². The van der Waals surface area contributed by atoms with E-state index >= 15 is 0 Å². The van der Waals surface area contributed by atoms with Gasteiger partial charge in [-0.3, -0.25) is 19.3 Å². The molecule has 4 rings (SSSR count). The molecular formula is C32H33NO5. The van der Waals surface area contributed by atoms with Crippen LogP contribution in [0.1, 0.15) is 60.2 Å². The maximum Gasteiger partial charge on any atom is 0.309 e. The molecular weight excluding hydrogens is 478 g/mol. The molecule has 1 amide bonds. The maximum absolute atomic E-state index is 13.5. The molecule has 3 aromatic carbocycles. The van der Waals surface area contributed by atoms with E-state index in [9.17, 15) is 19.5 Å². The van der Waals surface area contributed by atoms with Gasteiger partial charge in [-0.15, -0.1) is 0 Å². The predicted molar refractivity (Wildman–Crippen MR) is 148 cm³/mol. The summed E-state index contributed by atoms with van der Waals surface area (Å²) in [7, 11) is 1.33. The highest BCUT2D eigenvalue weighted by atomic mass is 16.5. The summed E-state index contributed by atoms with van der Waals surface area (Å²) in [5.41, 5.74) is 5.11. The standard InChI is InChI=1S/C32H33NO5/c1-19-8-7-9-22(16-19)28-27(29(35)25-18-23(32(3,4)5)13-10-20(25)2)30(36)31(37)33(28)24-14-11-21(12-15-24)17-26(34)38-6/h7-16,18,28,35H,17H2,1-6H3/b29-27+. The van der Waals surface area contributed by atoms with E-state index in [2.05, 4.69) is 20.8 Å². The smallest absolute Gasteiger partial charge is 0.309 e. The van der Waals surface area contributed by atoms with Crippen LogP contribution in [0, 0.1) is 13.8 Å². The van der Waals surface area contributed by atoms with E-state index in [-0.39, 0.29) is 29.1 Å². The molecule has 0 aliphatic carbocycles. The van der Waals surface area contributed by atoms with Crippen LogP contribution in [0.2, 0.25) is 0 Å². The van der Waals surface area contributed by atoms with Crippen LogP contribution in [-0.4, -0.2) is 29.9 Å². The summed E-state index contributed by atoms with van der Waals surface area (Å²) in [5.74, 6) is -2.02. The molecule has 1 aliphatic rings. The molecule has 0 bridgehead atoms. The molecule has 1 saturated heterocycles. The van der Waals surface area contributed by atoms with Gasteiger partial charge in [0.25, 0.3) is 11.7 Å². The largest absolute Gasteiger partial charge is 0.507 e. The molecule has 38 heavy (non-hydrogen) atoms. The van der Waals surface area contributed by atoms with E-state index in [1.165, 1.54) is 12.0 Å². The summed E-state index contributed by atoms with van der Waals surface area (Å²) < 4.78 is 4.74. The number of hydrogen-bond donors (Lipinski definition) is 1. The molecule has 1 fully saturated rings. The SMILES string of the molecule is COC(=O)Cc1ccc(N2C(=O)C(=O)/C(=C(/O)c3cc(C(C)(C)C)ccc3C)C2c2cccc(C)c2)cc1. The third-order valence-electron chi connectivity index (χ3n) is 6.95. The molecule has 1 atom stereocenters. The maximum atomic E-state index is 13.5. The minimum absolute atomic E-state index is 0.0494. The van der Waals surface area contributed by atoms with Gasteiger partial charge >= 0.3 is 5.97 Å². The number of esters is 1. The Morgan fingerprint density at radius 3 is 2.26 bits per heavy atom. The number of hydrogen-bond acceptors (Lipinski definition) is 5. The van der Waals surface area contributed by atoms with Crippen LogP contribution in [0.5, 0.6) is 0 Å². The molecule has 0 saturated carbocycles. The first-order chi connectivity index (χ1) is 17.9. The van der Waals surface area contributed by atoms with Crippen molar-refractivity contribution < 1.29 is 24.2 Å². The number of aryl methyl sites for hydroxylation is 2. The van der Waals surface area contributed by atoms with Crippen LogP contribution in [0.15, 0.2) is 72.3 Å². The molecule has 1 N–H and O–H groups in total. The fraction of sp³-hybridized carbons (Fsp3) is 0.281. The molecule has 196 valence electrons. The Hall–Kier alpha value is -4.19. The number of ketones is 1. The lowest BCUT2D eigenvalue weighted by Crippen LogP contribution is -2.29. The molecule has 0 radical (unpaired) electrons. The molecule has 3 aromatic rings. The minimum atomic E-state index is -0.820. The number of nitrogens with zero attached hydrogens (tertiary/aromatic N) is 1. The van der Waals surface area contributed by atoms with Gasteiger partial charge in [0.1, 0.15) is 5.76 Å². The Balaban J connectivity index is 1.90. The second-order valence-electron chi connectivity index (χ2n) is 10.8. The Morgan fingerprint density at radius 1 is 0.974 bits per heavy atom. The van der Waals surface area contributed by atoms with Gasteiger partial charge in [0.15, 0.2) is 0 Å². The van der Waals surface area contributed by atoms with Gasteiger partial charge in [-0.05, 0) is 59.7 Å². The fourth-order valence-corrected chi connectivity index (χ4v) is 4.76. The number of rotatable bonds is 5. The molecule has 6 nitrogen and oxygen atoms in total. The second kappa shape index (κ2) is 10.3. The molecule has 6 heteroatoms. The average Bonchev–Trinajstić information content (AvgIpc) is 3.14. The topological polar surface area (TPSA) is 83.9 Å². The number of carbonyl (C=O) groups is 3. The van der Waals surface area contributed by atoms with E-state index in [1.54, 1.807) is 24.3 Å². The highest BCUT2D eigenvalue weighted by Crippen LogP contribution is 2.43. The molecule has 1 aliphatic heterocycles. The van der Waals surface area contributed by atoms with Crippen molar-refractivity contribution in [3.8, 4) is 0 Å². The average molecular weight is 512 g/mol. The number of benzene rings is 3. The molecule has 0 spiro atoms. The van der Waals surface area contributed by atoms with Crippen molar-refractivity contribution in [3.63, 3.8) is 0 Å². The van der Waals surface area contributed by atoms with Crippen molar-refractivity contribution in [2.24, 2.45) is 0 Å². The Kier molecular flexibility index (Phi) is 7.27. The van der Waals surface area contributed by atoms with Crippen molar-refractivity contribution in [2.75, 3.05) is 12.0 Å². The highest BCUT2D eigenvalue weighted by Gasteiger charge is 2.47. The van der Waals surface area contributed by atoms with Crippen LogP contribution >= 0.6 is 0 Å². The van der Waals surface area contributed by atoms with Gasteiger partial charge in [0, 0.05) is 11.3 Å². The Morgan fingerprint density at radius 2 is 1.66 bits per heavy atom. The zero-order chi connectivity index (χ0) is 27.8. The van der Waals surface area contributed by atoms with Gasteiger partial charge in [0.05, 0.1) is 25.1 Å². The van der Waals surface area contributed by atoms with Gasteiger partial charge in [0.2, 0.25) is 0 Å². The zero-order valence-corrected chi connectivity index (χ0v) is 22.7. The number of methoxy groups -OCH3 is 1. The summed E-state index contributed by atoms with van der Waals surface area (Å²) in [4.78, 5) is 40.2. The summed E-state index contributed by atoms with van der Waals surface area (Å²) >= 11 is 0. The van der Waals surface area contributed by atoms with E-state index in [1.807, 2.05) is 56.3 Å². The Bertz CT molecular complexity index is 1440. The van der Waals surface area contributed by atoms with E-state index in [0.29, 0.717) is 16.8 Å². The molecule has 0 aromatic heterocycles. The summed E-state index contributed by atoms with van der Waals surface area (Å²) in [6, 6.07) is 19.5. The van der Waals surface area contributed by atoms with Crippen molar-refractivity contribution in [2.45, 2.75) is 52.5 Å². The Labute approximate surface area is 223 Å². The normalized spacial score (nSPS) is 17.1. The van der Waals surface area contributed by atoms with Crippen LogP contribution in [0.25, 0.3) is 5.76 Å². The first-order valence-corrected chi connectivity index (χ1v) is 12.6. The van der Waals surface area contributed by atoms with Crippen molar-refractivity contribution in [1.82, 2.24) is 0 Å². The first kappa shape index (κ1) is 26.9. The van der Waals surface area contributed by atoms with E-state index in [4.69, 9.17) is 4.74 Å². The molecule has 1 unspecified atom stereocenters. The monoisotopic (exact) mass is 511 g/mol. The quantitative estimate of drug-likeness (QED) is 0.198. The lowest BCUT2D eigenvalue weighted by Gasteiger charge is -2.26. The predicted octanol–water partition coefficient (Wildman–Crippen LogP) is 5.94. The van der Waals surface area contributed by atoms with Gasteiger partial charge < -0.3 is 9.84 Å². The summed E-state index contributed by atoms with van der Waals surface area (Å²) in [5, 5.41) is 11.6. The zero-order valence-electron chi connectivity index (χ0n) is 22.7. The van der Waals surface area contributed by atoms with Crippen LogP contribution in [0.4, 0.5) is 5.69 Å². The number of aliphatic hydroxyl groups is 1. The number of ether oxygens (including phenoxy) is 1. The van der Waals surface area contributed by atoms with Crippen LogP contribution in [-0.2, 0) is 31.0 Å². The number of carbonyl (C=O) groups excluding carboxylic acids is 3. The first-order valence-electron chi connectivity index (χ1n) is 12.6. The van der Waals surface area contributed by atoms with Crippen LogP contribution in [0.3, 0.4) is 0 Å². The fourth-order valence-electron chi connectivity index (χ4n) is 4.76.